The fourth-order valence-corrected chi connectivity index (χ4v) is 4.19. The van der Waals surface area contributed by atoms with Gasteiger partial charge < -0.3 is 42.6 Å². The van der Waals surface area contributed by atoms with E-state index < -0.39 is 54.4 Å². The molecule has 13 nitrogen and oxygen atoms in total. The Morgan fingerprint density at radius 1 is 0.902 bits per heavy atom. The van der Waals surface area contributed by atoms with Gasteiger partial charge in [0.05, 0.1) is 18.7 Å². The van der Waals surface area contributed by atoms with E-state index in [4.69, 9.17) is 11.5 Å². The van der Waals surface area contributed by atoms with Crippen molar-refractivity contribution in [1.82, 2.24) is 20.9 Å². The molecule has 4 amide bonds. The molecule has 0 spiro atoms. The quantitative estimate of drug-likeness (QED) is 0.111. The van der Waals surface area contributed by atoms with Crippen molar-refractivity contribution in [2.24, 2.45) is 11.5 Å². The van der Waals surface area contributed by atoms with Gasteiger partial charge in [-0.05, 0) is 42.2 Å². The maximum atomic E-state index is 13.0. The SMILES string of the molecule is NC(=O)CC[C@H](NC(=O)[C@H](CO)NC(=O)[C@@H](N)Cc1c[nH]c2ccccc12)C(=O)N[C@H]([C]=O)Cc1ccc(O)cc1. The molecule has 0 aliphatic heterocycles. The van der Waals surface area contributed by atoms with Crippen molar-refractivity contribution >= 4 is 40.8 Å². The van der Waals surface area contributed by atoms with E-state index in [0.717, 1.165) is 16.5 Å². The van der Waals surface area contributed by atoms with Crippen LogP contribution in [0.4, 0.5) is 0 Å². The Labute approximate surface area is 235 Å². The zero-order valence-electron chi connectivity index (χ0n) is 22.1. The zero-order chi connectivity index (χ0) is 29.9. The molecular weight excluding hydrogens is 532 g/mol. The number of carbonyl (C=O) groups excluding carboxylic acids is 5. The maximum absolute atomic E-state index is 13.0. The predicted molar refractivity (Wildman–Crippen MR) is 149 cm³/mol. The summed E-state index contributed by atoms with van der Waals surface area (Å²) in [5.41, 5.74) is 13.6. The van der Waals surface area contributed by atoms with Crippen molar-refractivity contribution in [3.8, 4) is 5.75 Å². The number of phenolic OH excluding ortho intramolecular Hbond substituents is 1. The highest BCUT2D eigenvalue weighted by Gasteiger charge is 2.29. The summed E-state index contributed by atoms with van der Waals surface area (Å²) in [6.45, 7) is -0.798. The van der Waals surface area contributed by atoms with Crippen LogP contribution in [-0.2, 0) is 36.8 Å². The van der Waals surface area contributed by atoms with Crippen molar-refractivity contribution in [2.75, 3.05) is 6.61 Å². The third-order valence-corrected chi connectivity index (χ3v) is 6.41. The fraction of sp³-hybridized carbons (Fsp3) is 0.321. The van der Waals surface area contributed by atoms with Crippen LogP contribution in [0.15, 0.2) is 54.7 Å². The summed E-state index contributed by atoms with van der Waals surface area (Å²) in [6.07, 6.45) is 3.18. The molecule has 4 atom stereocenters. The molecule has 1 heterocycles. The predicted octanol–water partition coefficient (Wildman–Crippen LogP) is -1.19. The Hall–Kier alpha value is -4.75. The minimum atomic E-state index is -1.45. The number of primary amides is 1. The van der Waals surface area contributed by atoms with Crippen LogP contribution in [0.1, 0.15) is 24.0 Å². The number of aliphatic hydroxyl groups excluding tert-OH is 1. The molecule has 3 aromatic rings. The Balaban J connectivity index is 1.63. The number of nitrogens with one attached hydrogen (secondary N) is 4. The highest BCUT2D eigenvalue weighted by Crippen LogP contribution is 2.19. The first-order chi connectivity index (χ1) is 19.6. The lowest BCUT2D eigenvalue weighted by atomic mass is 10.0. The monoisotopic (exact) mass is 565 g/mol. The van der Waals surface area contributed by atoms with Gasteiger partial charge >= 0.3 is 0 Å². The highest BCUT2D eigenvalue weighted by atomic mass is 16.3. The summed E-state index contributed by atoms with van der Waals surface area (Å²) >= 11 is 0. The van der Waals surface area contributed by atoms with Gasteiger partial charge in [-0.3, -0.25) is 24.0 Å². The van der Waals surface area contributed by atoms with Gasteiger partial charge in [0, 0.05) is 29.9 Å². The molecule has 0 bridgehead atoms. The first-order valence-corrected chi connectivity index (χ1v) is 12.9. The molecule has 0 aliphatic carbocycles. The lowest BCUT2D eigenvalue weighted by Crippen LogP contribution is -2.58. The van der Waals surface area contributed by atoms with Gasteiger partial charge in [-0.15, -0.1) is 0 Å². The van der Waals surface area contributed by atoms with Crippen LogP contribution in [0, 0.1) is 0 Å². The Kier molecular flexibility index (Phi) is 11.0. The molecule has 217 valence electrons. The number of hydrogen-bond acceptors (Lipinski definition) is 8. The summed E-state index contributed by atoms with van der Waals surface area (Å²) < 4.78 is 0. The van der Waals surface area contributed by atoms with Crippen molar-refractivity contribution < 1.29 is 34.2 Å². The minimum absolute atomic E-state index is 0.0306. The lowest BCUT2D eigenvalue weighted by molar-refractivity contribution is -0.133. The van der Waals surface area contributed by atoms with Gasteiger partial charge in [0.1, 0.15) is 17.8 Å². The van der Waals surface area contributed by atoms with Crippen LogP contribution in [-0.4, -0.2) is 75.9 Å². The van der Waals surface area contributed by atoms with Gasteiger partial charge in [0.15, 0.2) is 0 Å². The number of carbonyl (C=O) groups is 4. The number of H-pyrrole nitrogens is 1. The summed E-state index contributed by atoms with van der Waals surface area (Å²) in [6, 6.07) is 8.52. The molecule has 41 heavy (non-hydrogen) atoms. The summed E-state index contributed by atoms with van der Waals surface area (Å²) in [5.74, 6) is -3.11. The Morgan fingerprint density at radius 3 is 2.22 bits per heavy atom. The standard InChI is InChI=1S/C28H33N6O7/c29-21(12-17-13-31-22-4-2-1-3-20(17)22)26(39)34-24(15-36)28(41)33-23(9-10-25(30)38)27(40)32-18(14-35)11-16-5-7-19(37)8-6-16/h1-8,13,18,21,23-24,31,36-37H,9-12,15,29H2,(H2,30,38)(H,32,40)(H,33,41)(H,34,39)/t18-,21-,23-,24-/m0/s1. The first-order valence-electron chi connectivity index (χ1n) is 12.9. The van der Waals surface area contributed by atoms with E-state index in [1.54, 1.807) is 24.6 Å². The van der Waals surface area contributed by atoms with E-state index >= 15 is 0 Å². The second-order valence-corrected chi connectivity index (χ2v) is 9.53. The summed E-state index contributed by atoms with van der Waals surface area (Å²) in [5, 5.41) is 27.3. The number of aromatic hydroxyl groups is 1. The number of aromatic nitrogens is 1. The number of amides is 4. The van der Waals surface area contributed by atoms with Crippen LogP contribution in [0.5, 0.6) is 5.75 Å². The molecular formula is C28H33N6O7. The maximum Gasteiger partial charge on any atom is 0.245 e. The minimum Gasteiger partial charge on any atom is -0.508 e. The van der Waals surface area contributed by atoms with E-state index in [-0.39, 0.29) is 31.4 Å². The van der Waals surface area contributed by atoms with Gasteiger partial charge in [-0.2, -0.15) is 0 Å². The van der Waals surface area contributed by atoms with Gasteiger partial charge in [-0.25, -0.2) is 0 Å². The molecule has 1 aromatic heterocycles. The number of aromatic amines is 1. The number of aliphatic hydroxyl groups is 1. The van der Waals surface area contributed by atoms with E-state index in [1.807, 2.05) is 24.3 Å². The fourth-order valence-electron chi connectivity index (χ4n) is 4.19. The van der Waals surface area contributed by atoms with E-state index in [0.29, 0.717) is 5.56 Å². The smallest absolute Gasteiger partial charge is 0.245 e. The number of benzene rings is 2. The van der Waals surface area contributed by atoms with Crippen LogP contribution in [0.25, 0.3) is 10.9 Å². The van der Waals surface area contributed by atoms with Gasteiger partial charge in [0.25, 0.3) is 0 Å². The normalized spacial score (nSPS) is 13.9. The third-order valence-electron chi connectivity index (χ3n) is 6.41. The largest absolute Gasteiger partial charge is 0.508 e. The molecule has 0 fully saturated rings. The average Bonchev–Trinajstić information content (AvgIpc) is 3.36. The first kappa shape index (κ1) is 30.8. The molecule has 1 radical (unpaired) electrons. The van der Waals surface area contributed by atoms with E-state index in [2.05, 4.69) is 20.9 Å². The molecule has 10 N–H and O–H groups in total. The second-order valence-electron chi connectivity index (χ2n) is 9.53. The molecule has 13 heteroatoms. The number of rotatable bonds is 15. The Bertz CT molecular complexity index is 1370. The highest BCUT2D eigenvalue weighted by molar-refractivity contribution is 5.94. The van der Waals surface area contributed by atoms with E-state index in [1.165, 1.54) is 12.1 Å². The average molecular weight is 566 g/mol. The molecule has 2 aromatic carbocycles. The molecule has 0 saturated heterocycles. The number of fused-ring (bicyclic) bond motifs is 1. The van der Waals surface area contributed by atoms with Crippen LogP contribution in [0.3, 0.4) is 0 Å². The third kappa shape index (κ3) is 8.88. The van der Waals surface area contributed by atoms with Gasteiger partial charge in [-0.1, -0.05) is 30.3 Å². The van der Waals surface area contributed by atoms with Crippen molar-refractivity contribution in [3.05, 3.63) is 65.9 Å². The molecule has 3 rings (SSSR count). The van der Waals surface area contributed by atoms with E-state index in [9.17, 15) is 34.2 Å². The second kappa shape index (κ2) is 14.6. The van der Waals surface area contributed by atoms with Crippen LogP contribution >= 0.6 is 0 Å². The Morgan fingerprint density at radius 2 is 1.56 bits per heavy atom. The molecule has 0 unspecified atom stereocenters. The van der Waals surface area contributed by atoms with Crippen LogP contribution in [0.2, 0.25) is 0 Å². The van der Waals surface area contributed by atoms with Crippen molar-refractivity contribution in [2.45, 2.75) is 49.9 Å². The zero-order valence-corrected chi connectivity index (χ0v) is 22.1. The molecule has 0 saturated carbocycles. The number of nitrogens with two attached hydrogens (primary N) is 2. The lowest BCUT2D eigenvalue weighted by Gasteiger charge is -2.24. The van der Waals surface area contributed by atoms with Crippen molar-refractivity contribution in [3.63, 3.8) is 0 Å². The van der Waals surface area contributed by atoms with Crippen LogP contribution < -0.4 is 27.4 Å². The number of phenols is 1. The summed E-state index contributed by atoms with van der Waals surface area (Å²) in [7, 11) is 0. The number of hydrogen-bond donors (Lipinski definition) is 8. The summed E-state index contributed by atoms with van der Waals surface area (Å²) in [4.78, 5) is 64.6. The van der Waals surface area contributed by atoms with Gasteiger partial charge in [0.2, 0.25) is 29.9 Å². The number of para-hydroxylation sites is 1. The van der Waals surface area contributed by atoms with Crippen molar-refractivity contribution in [1.29, 1.82) is 0 Å². The topological polar surface area (TPSA) is 230 Å². The molecule has 0 aliphatic rings.